The highest BCUT2D eigenvalue weighted by atomic mass is 32.2. The van der Waals surface area contributed by atoms with Gasteiger partial charge in [0.2, 0.25) is 10.0 Å². The molecule has 0 bridgehead atoms. The van der Waals surface area contributed by atoms with E-state index in [2.05, 4.69) is 42.2 Å². The van der Waals surface area contributed by atoms with Crippen LogP contribution in [0.3, 0.4) is 0 Å². The third kappa shape index (κ3) is 2.81. The number of aromatic amines is 1. The van der Waals surface area contributed by atoms with Gasteiger partial charge in [0.15, 0.2) is 0 Å². The predicted octanol–water partition coefficient (Wildman–Crippen LogP) is 2.90. The summed E-state index contributed by atoms with van der Waals surface area (Å²) < 4.78 is 27.5. The lowest BCUT2D eigenvalue weighted by Crippen LogP contribution is -2.36. The quantitative estimate of drug-likeness (QED) is 0.939. The molecule has 3 rings (SSSR count). The van der Waals surface area contributed by atoms with Gasteiger partial charge in [-0.1, -0.05) is 32.0 Å². The standard InChI is InChI=1S/C17H23N3O2S/c1-11(2)15-6-5-14-7-8-20(10-16(14)9-15)23(21,22)17-12(3)18-19-13(17)4/h5-6,9,11H,7-8,10H2,1-4H3,(H,18,19). The van der Waals surface area contributed by atoms with Crippen LogP contribution >= 0.6 is 0 Å². The normalized spacial score (nSPS) is 15.9. The van der Waals surface area contributed by atoms with Crippen LogP contribution in [-0.2, 0) is 23.0 Å². The summed E-state index contributed by atoms with van der Waals surface area (Å²) in [6.45, 7) is 8.73. The van der Waals surface area contributed by atoms with Crippen molar-refractivity contribution in [2.24, 2.45) is 0 Å². The zero-order valence-corrected chi connectivity index (χ0v) is 14.9. The molecule has 2 aromatic rings. The Morgan fingerprint density at radius 2 is 1.96 bits per heavy atom. The van der Waals surface area contributed by atoms with Crippen LogP contribution in [0.25, 0.3) is 0 Å². The number of hydrogen-bond donors (Lipinski definition) is 1. The van der Waals surface area contributed by atoms with E-state index < -0.39 is 10.0 Å². The van der Waals surface area contributed by atoms with Crippen molar-refractivity contribution in [2.45, 2.75) is 51.5 Å². The third-order valence-electron chi connectivity index (χ3n) is 4.53. The molecule has 0 saturated carbocycles. The van der Waals surface area contributed by atoms with E-state index in [1.165, 1.54) is 11.1 Å². The Hall–Kier alpha value is -1.66. The van der Waals surface area contributed by atoms with Crippen LogP contribution in [0.5, 0.6) is 0 Å². The molecule has 1 aromatic heterocycles. The molecule has 0 amide bonds. The molecule has 0 saturated heterocycles. The topological polar surface area (TPSA) is 66.1 Å². The molecule has 124 valence electrons. The number of rotatable bonds is 3. The first-order valence-electron chi connectivity index (χ1n) is 7.94. The van der Waals surface area contributed by atoms with E-state index in [1.807, 2.05) is 0 Å². The molecule has 1 aromatic carbocycles. The summed E-state index contributed by atoms with van der Waals surface area (Å²) in [6.07, 6.45) is 0.753. The zero-order valence-electron chi connectivity index (χ0n) is 14.0. The molecule has 6 heteroatoms. The Morgan fingerprint density at radius 1 is 1.22 bits per heavy atom. The lowest BCUT2D eigenvalue weighted by atomic mass is 9.94. The van der Waals surface area contributed by atoms with Gasteiger partial charge >= 0.3 is 0 Å². The molecule has 5 nitrogen and oxygen atoms in total. The Balaban J connectivity index is 1.97. The Labute approximate surface area is 137 Å². The van der Waals surface area contributed by atoms with Gasteiger partial charge in [0.1, 0.15) is 4.90 Å². The highest BCUT2D eigenvalue weighted by Gasteiger charge is 2.32. The molecule has 0 fully saturated rings. The molecule has 1 aliphatic heterocycles. The highest BCUT2D eigenvalue weighted by molar-refractivity contribution is 7.89. The van der Waals surface area contributed by atoms with Crippen LogP contribution in [0.15, 0.2) is 23.1 Å². The number of nitrogens with zero attached hydrogens (tertiary/aromatic N) is 2. The number of sulfonamides is 1. The fraction of sp³-hybridized carbons (Fsp3) is 0.471. The fourth-order valence-corrected chi connectivity index (χ4v) is 4.92. The molecule has 1 aliphatic rings. The second kappa shape index (κ2) is 5.76. The minimum Gasteiger partial charge on any atom is -0.281 e. The Kier molecular flexibility index (Phi) is 4.06. The van der Waals surface area contributed by atoms with Crippen molar-refractivity contribution in [1.82, 2.24) is 14.5 Å². The molecule has 0 radical (unpaired) electrons. The Bertz CT molecular complexity index is 818. The molecule has 2 heterocycles. The van der Waals surface area contributed by atoms with Crippen LogP contribution < -0.4 is 0 Å². The van der Waals surface area contributed by atoms with Gasteiger partial charge in [0.25, 0.3) is 0 Å². The highest BCUT2D eigenvalue weighted by Crippen LogP contribution is 2.29. The van der Waals surface area contributed by atoms with E-state index >= 15 is 0 Å². The number of aromatic nitrogens is 2. The average molecular weight is 333 g/mol. The third-order valence-corrected chi connectivity index (χ3v) is 6.64. The van der Waals surface area contributed by atoms with E-state index in [1.54, 1.807) is 18.2 Å². The largest absolute Gasteiger partial charge is 0.281 e. The van der Waals surface area contributed by atoms with Crippen molar-refractivity contribution in [2.75, 3.05) is 6.54 Å². The minimum atomic E-state index is -3.52. The first-order chi connectivity index (χ1) is 10.8. The van der Waals surface area contributed by atoms with Crippen molar-refractivity contribution in [3.05, 3.63) is 46.3 Å². The smallest absolute Gasteiger partial charge is 0.247 e. The maximum atomic E-state index is 13.0. The second-order valence-corrected chi connectivity index (χ2v) is 8.41. The van der Waals surface area contributed by atoms with Gasteiger partial charge in [-0.15, -0.1) is 0 Å². The van der Waals surface area contributed by atoms with Gasteiger partial charge in [-0.3, -0.25) is 5.10 Å². The molecule has 23 heavy (non-hydrogen) atoms. The van der Waals surface area contributed by atoms with Crippen LogP contribution in [0.1, 0.15) is 47.8 Å². The number of nitrogens with one attached hydrogen (secondary N) is 1. The summed E-state index contributed by atoms with van der Waals surface area (Å²) in [6, 6.07) is 6.44. The van der Waals surface area contributed by atoms with Crippen molar-refractivity contribution in [3.8, 4) is 0 Å². The molecule has 0 spiro atoms. The summed E-state index contributed by atoms with van der Waals surface area (Å²) in [5.41, 5.74) is 4.75. The maximum absolute atomic E-state index is 13.0. The summed E-state index contributed by atoms with van der Waals surface area (Å²) in [7, 11) is -3.52. The van der Waals surface area contributed by atoms with Crippen LogP contribution in [0.2, 0.25) is 0 Å². The summed E-state index contributed by atoms with van der Waals surface area (Å²) >= 11 is 0. The zero-order chi connectivity index (χ0) is 16.8. The number of benzene rings is 1. The van der Waals surface area contributed by atoms with Gasteiger partial charge in [-0.05, 0) is 42.9 Å². The number of aryl methyl sites for hydroxylation is 2. The summed E-state index contributed by atoms with van der Waals surface area (Å²) in [4.78, 5) is 0.320. The number of H-pyrrole nitrogens is 1. The molecular formula is C17H23N3O2S. The lowest BCUT2D eigenvalue weighted by Gasteiger charge is -2.29. The first kappa shape index (κ1) is 16.2. The van der Waals surface area contributed by atoms with Crippen LogP contribution in [0, 0.1) is 13.8 Å². The fourth-order valence-electron chi connectivity index (χ4n) is 3.17. The van der Waals surface area contributed by atoms with Gasteiger partial charge in [-0.2, -0.15) is 9.40 Å². The number of fused-ring (bicyclic) bond motifs is 1. The first-order valence-corrected chi connectivity index (χ1v) is 9.38. The molecular weight excluding hydrogens is 310 g/mol. The molecule has 0 atom stereocenters. The van der Waals surface area contributed by atoms with E-state index in [0.717, 1.165) is 12.0 Å². The molecule has 0 unspecified atom stereocenters. The van der Waals surface area contributed by atoms with Crippen molar-refractivity contribution in [3.63, 3.8) is 0 Å². The van der Waals surface area contributed by atoms with Crippen LogP contribution in [0.4, 0.5) is 0 Å². The van der Waals surface area contributed by atoms with Gasteiger partial charge < -0.3 is 0 Å². The van der Waals surface area contributed by atoms with E-state index in [-0.39, 0.29) is 0 Å². The van der Waals surface area contributed by atoms with Crippen LogP contribution in [-0.4, -0.2) is 29.5 Å². The van der Waals surface area contributed by atoms with E-state index in [4.69, 9.17) is 0 Å². The minimum absolute atomic E-state index is 0.320. The van der Waals surface area contributed by atoms with Gasteiger partial charge in [0, 0.05) is 13.1 Å². The predicted molar refractivity (Wildman–Crippen MR) is 89.9 cm³/mol. The number of hydrogen-bond acceptors (Lipinski definition) is 3. The van der Waals surface area contributed by atoms with Crippen molar-refractivity contribution < 1.29 is 8.42 Å². The van der Waals surface area contributed by atoms with Gasteiger partial charge in [-0.25, -0.2) is 8.42 Å². The Morgan fingerprint density at radius 3 is 2.57 bits per heavy atom. The van der Waals surface area contributed by atoms with E-state index in [9.17, 15) is 8.42 Å². The molecule has 1 N–H and O–H groups in total. The monoisotopic (exact) mass is 333 g/mol. The SMILES string of the molecule is Cc1n[nH]c(C)c1S(=O)(=O)N1CCc2ccc(C(C)C)cc2C1. The van der Waals surface area contributed by atoms with Crippen molar-refractivity contribution in [1.29, 1.82) is 0 Å². The van der Waals surface area contributed by atoms with Crippen molar-refractivity contribution >= 4 is 10.0 Å². The maximum Gasteiger partial charge on any atom is 0.247 e. The molecule has 0 aliphatic carbocycles. The summed E-state index contributed by atoms with van der Waals surface area (Å²) in [5.74, 6) is 0.436. The lowest BCUT2D eigenvalue weighted by molar-refractivity contribution is 0.390. The average Bonchev–Trinajstić information content (AvgIpc) is 2.85. The second-order valence-electron chi connectivity index (χ2n) is 6.53. The summed E-state index contributed by atoms with van der Waals surface area (Å²) in [5, 5.41) is 6.80. The van der Waals surface area contributed by atoms with Gasteiger partial charge in [0.05, 0.1) is 11.4 Å². The van der Waals surface area contributed by atoms with E-state index in [0.29, 0.717) is 35.3 Å².